The molecule has 24 heavy (non-hydrogen) atoms. The summed E-state index contributed by atoms with van der Waals surface area (Å²) < 4.78 is 5.21. The van der Waals surface area contributed by atoms with Crippen molar-refractivity contribution in [3.8, 4) is 5.75 Å². The maximum Gasteiger partial charge on any atom is 0.224 e. The highest BCUT2D eigenvalue weighted by atomic mass is 16.5. The minimum atomic E-state index is -0.254. The van der Waals surface area contributed by atoms with E-state index in [4.69, 9.17) is 10.5 Å². The molecule has 1 heterocycles. The summed E-state index contributed by atoms with van der Waals surface area (Å²) in [6, 6.07) is 17.7. The van der Waals surface area contributed by atoms with Crippen LogP contribution in [0.5, 0.6) is 5.75 Å². The summed E-state index contributed by atoms with van der Waals surface area (Å²) in [5, 5.41) is 0. The Hall–Kier alpha value is -2.33. The van der Waals surface area contributed by atoms with Crippen molar-refractivity contribution in [3.63, 3.8) is 0 Å². The molecule has 1 aliphatic rings. The summed E-state index contributed by atoms with van der Waals surface area (Å²) in [4.78, 5) is 14.7. The molecule has 2 aromatic rings. The molecule has 2 N–H and O–H groups in total. The van der Waals surface area contributed by atoms with Gasteiger partial charge in [0.2, 0.25) is 5.91 Å². The number of carbonyl (C=O) groups excluding carboxylic acids is 1. The molecule has 1 amide bonds. The number of amides is 1. The SMILES string of the molecule is COc1ccc(C2CCCN2C(=O)CC(N)c2ccccc2)cc1. The van der Waals surface area contributed by atoms with Crippen molar-refractivity contribution in [2.75, 3.05) is 13.7 Å². The number of nitrogens with two attached hydrogens (primary N) is 1. The van der Waals surface area contributed by atoms with Crippen LogP contribution in [0.25, 0.3) is 0 Å². The minimum Gasteiger partial charge on any atom is -0.497 e. The second kappa shape index (κ2) is 7.49. The molecule has 0 spiro atoms. The summed E-state index contributed by atoms with van der Waals surface area (Å²) in [7, 11) is 1.66. The van der Waals surface area contributed by atoms with Gasteiger partial charge in [0.1, 0.15) is 5.75 Å². The smallest absolute Gasteiger partial charge is 0.224 e. The van der Waals surface area contributed by atoms with E-state index in [0.29, 0.717) is 6.42 Å². The number of rotatable bonds is 5. The average molecular weight is 324 g/mol. The Bertz CT molecular complexity index is 670. The number of carbonyl (C=O) groups is 1. The zero-order chi connectivity index (χ0) is 16.9. The van der Waals surface area contributed by atoms with Crippen LogP contribution in [0.2, 0.25) is 0 Å². The van der Waals surface area contributed by atoms with E-state index in [1.807, 2.05) is 59.5 Å². The monoisotopic (exact) mass is 324 g/mol. The van der Waals surface area contributed by atoms with Gasteiger partial charge in [0.05, 0.1) is 13.2 Å². The van der Waals surface area contributed by atoms with Gasteiger partial charge in [-0.1, -0.05) is 42.5 Å². The van der Waals surface area contributed by atoms with E-state index in [2.05, 4.69) is 0 Å². The van der Waals surface area contributed by atoms with Crippen molar-refractivity contribution in [1.82, 2.24) is 4.90 Å². The maximum absolute atomic E-state index is 12.8. The van der Waals surface area contributed by atoms with E-state index in [9.17, 15) is 4.79 Å². The van der Waals surface area contributed by atoms with Crippen LogP contribution in [0.4, 0.5) is 0 Å². The summed E-state index contributed by atoms with van der Waals surface area (Å²) in [5.41, 5.74) is 8.39. The second-order valence-electron chi connectivity index (χ2n) is 6.24. The van der Waals surface area contributed by atoms with Gasteiger partial charge in [-0.15, -0.1) is 0 Å². The van der Waals surface area contributed by atoms with Gasteiger partial charge in [0.25, 0.3) is 0 Å². The van der Waals surface area contributed by atoms with Gasteiger partial charge in [0, 0.05) is 19.0 Å². The Morgan fingerprint density at radius 3 is 2.58 bits per heavy atom. The Labute approximate surface area is 143 Å². The van der Waals surface area contributed by atoms with E-state index in [1.165, 1.54) is 0 Å². The molecule has 0 radical (unpaired) electrons. The fourth-order valence-corrected chi connectivity index (χ4v) is 3.36. The molecule has 2 atom stereocenters. The summed E-state index contributed by atoms with van der Waals surface area (Å²) >= 11 is 0. The Morgan fingerprint density at radius 2 is 1.92 bits per heavy atom. The minimum absolute atomic E-state index is 0.129. The van der Waals surface area contributed by atoms with Crippen LogP contribution < -0.4 is 10.5 Å². The first-order valence-corrected chi connectivity index (χ1v) is 8.43. The third-order valence-corrected chi connectivity index (χ3v) is 4.70. The third-order valence-electron chi connectivity index (χ3n) is 4.70. The predicted octanol–water partition coefficient (Wildman–Crippen LogP) is 3.45. The molecule has 0 bridgehead atoms. The van der Waals surface area contributed by atoms with Gasteiger partial charge in [-0.2, -0.15) is 0 Å². The zero-order valence-corrected chi connectivity index (χ0v) is 14.0. The topological polar surface area (TPSA) is 55.6 Å². The Balaban J connectivity index is 1.69. The van der Waals surface area contributed by atoms with E-state index < -0.39 is 0 Å². The quantitative estimate of drug-likeness (QED) is 0.916. The van der Waals surface area contributed by atoms with Crippen LogP contribution >= 0.6 is 0 Å². The summed E-state index contributed by atoms with van der Waals surface area (Å²) in [6.07, 6.45) is 2.37. The molecule has 0 aliphatic carbocycles. The molecule has 4 heteroatoms. The standard InChI is InChI=1S/C20H24N2O2/c1-24-17-11-9-16(10-12-17)19-8-5-13-22(19)20(23)14-18(21)15-6-3-2-4-7-15/h2-4,6-7,9-12,18-19H,5,8,13-14,21H2,1H3. The lowest BCUT2D eigenvalue weighted by Crippen LogP contribution is -2.32. The molecule has 0 aromatic heterocycles. The van der Waals surface area contributed by atoms with Gasteiger partial charge >= 0.3 is 0 Å². The second-order valence-corrected chi connectivity index (χ2v) is 6.24. The van der Waals surface area contributed by atoms with Gasteiger partial charge in [-0.3, -0.25) is 4.79 Å². The molecule has 1 aliphatic heterocycles. The molecule has 1 fully saturated rings. The molecule has 126 valence electrons. The molecule has 4 nitrogen and oxygen atoms in total. The van der Waals surface area contributed by atoms with Crippen molar-refractivity contribution in [1.29, 1.82) is 0 Å². The van der Waals surface area contributed by atoms with E-state index in [0.717, 1.165) is 36.3 Å². The zero-order valence-electron chi connectivity index (χ0n) is 14.0. The van der Waals surface area contributed by atoms with Crippen molar-refractivity contribution in [2.24, 2.45) is 5.73 Å². The fraction of sp³-hybridized carbons (Fsp3) is 0.350. The Morgan fingerprint density at radius 1 is 1.21 bits per heavy atom. The lowest BCUT2D eigenvalue weighted by Gasteiger charge is -2.26. The predicted molar refractivity (Wildman–Crippen MR) is 94.7 cm³/mol. The lowest BCUT2D eigenvalue weighted by molar-refractivity contribution is -0.132. The average Bonchev–Trinajstić information content (AvgIpc) is 3.12. The van der Waals surface area contributed by atoms with Crippen LogP contribution in [0.1, 0.15) is 42.5 Å². The van der Waals surface area contributed by atoms with Crippen LogP contribution in [0.15, 0.2) is 54.6 Å². The first-order chi connectivity index (χ1) is 11.7. The largest absolute Gasteiger partial charge is 0.497 e. The van der Waals surface area contributed by atoms with Crippen LogP contribution in [0, 0.1) is 0 Å². The number of likely N-dealkylation sites (tertiary alicyclic amines) is 1. The highest BCUT2D eigenvalue weighted by molar-refractivity contribution is 5.78. The number of hydrogen-bond donors (Lipinski definition) is 1. The van der Waals surface area contributed by atoms with E-state index in [1.54, 1.807) is 7.11 Å². The molecule has 2 aromatic carbocycles. The molecule has 3 rings (SSSR count). The number of ether oxygens (including phenoxy) is 1. The van der Waals surface area contributed by atoms with Crippen molar-refractivity contribution < 1.29 is 9.53 Å². The third kappa shape index (κ3) is 3.60. The molecule has 1 saturated heterocycles. The summed E-state index contributed by atoms with van der Waals surface area (Å²) in [5.74, 6) is 0.963. The van der Waals surface area contributed by atoms with Crippen molar-refractivity contribution in [3.05, 3.63) is 65.7 Å². The summed E-state index contributed by atoms with van der Waals surface area (Å²) in [6.45, 7) is 0.803. The fourth-order valence-electron chi connectivity index (χ4n) is 3.36. The highest BCUT2D eigenvalue weighted by Crippen LogP contribution is 2.33. The molecule has 0 saturated carbocycles. The normalized spacial score (nSPS) is 18.4. The van der Waals surface area contributed by atoms with Crippen LogP contribution in [-0.2, 0) is 4.79 Å². The maximum atomic E-state index is 12.8. The van der Waals surface area contributed by atoms with Crippen molar-refractivity contribution in [2.45, 2.75) is 31.3 Å². The Kier molecular flexibility index (Phi) is 5.16. The molecular formula is C20H24N2O2. The first-order valence-electron chi connectivity index (χ1n) is 8.43. The van der Waals surface area contributed by atoms with Gasteiger partial charge in [-0.05, 0) is 36.1 Å². The number of benzene rings is 2. The van der Waals surface area contributed by atoms with Crippen LogP contribution in [-0.4, -0.2) is 24.5 Å². The van der Waals surface area contributed by atoms with Gasteiger partial charge < -0.3 is 15.4 Å². The van der Waals surface area contributed by atoms with Gasteiger partial charge in [0.15, 0.2) is 0 Å². The number of hydrogen-bond acceptors (Lipinski definition) is 3. The van der Waals surface area contributed by atoms with E-state index >= 15 is 0 Å². The first kappa shape index (κ1) is 16.5. The number of methoxy groups -OCH3 is 1. The van der Waals surface area contributed by atoms with Crippen LogP contribution in [0.3, 0.4) is 0 Å². The lowest BCUT2D eigenvalue weighted by atomic mass is 10.0. The molecule has 2 unspecified atom stereocenters. The van der Waals surface area contributed by atoms with Gasteiger partial charge in [-0.25, -0.2) is 0 Å². The van der Waals surface area contributed by atoms with Crippen molar-refractivity contribution >= 4 is 5.91 Å². The molecular weight excluding hydrogens is 300 g/mol. The highest BCUT2D eigenvalue weighted by Gasteiger charge is 2.30. The van der Waals surface area contributed by atoms with E-state index in [-0.39, 0.29) is 18.0 Å². The number of nitrogens with zero attached hydrogens (tertiary/aromatic N) is 1.